The Hall–Kier alpha value is -4.20. The molecule has 0 atom stereocenters. The smallest absolute Gasteiger partial charge is 0.169 e. The minimum Gasteiger partial charge on any atom is -0.489 e. The molecule has 2 heterocycles. The molecule has 0 spiro atoms. The number of fused-ring (bicyclic) bond motifs is 1. The van der Waals surface area contributed by atoms with Crippen LogP contribution in [-0.2, 0) is 13.2 Å². The number of ether oxygens (including phenoxy) is 1. The van der Waals surface area contributed by atoms with Gasteiger partial charge < -0.3 is 4.74 Å². The molecule has 0 saturated heterocycles. The third-order valence-corrected chi connectivity index (χ3v) is 5.09. The standard InChI is InChI=1S/C25H17F3N4O/c26-18-8-4-17(5-9-18)15-33-19-10-6-16(7-11-19)13-32-14-23-22(12-29-32)30-25(31-23)20-2-1-3-21(27)24(20)28/h1-12,14H,13,15H2. The normalized spacial score (nSPS) is 11.1. The number of aromatic nitrogens is 4. The molecule has 0 aliphatic carbocycles. The molecule has 164 valence electrons. The van der Waals surface area contributed by atoms with Crippen LogP contribution in [-0.4, -0.2) is 19.7 Å². The second-order valence-corrected chi connectivity index (χ2v) is 7.45. The van der Waals surface area contributed by atoms with Gasteiger partial charge in [-0.25, -0.2) is 23.1 Å². The van der Waals surface area contributed by atoms with Crippen molar-refractivity contribution in [3.8, 4) is 28.5 Å². The van der Waals surface area contributed by atoms with E-state index in [2.05, 4.69) is 15.1 Å². The van der Waals surface area contributed by atoms with Crippen molar-refractivity contribution in [2.45, 2.75) is 13.2 Å². The van der Waals surface area contributed by atoms with E-state index in [0.29, 0.717) is 30.3 Å². The lowest BCUT2D eigenvalue weighted by Gasteiger charge is -2.09. The van der Waals surface area contributed by atoms with Crippen LogP contribution in [0.3, 0.4) is 0 Å². The topological polar surface area (TPSA) is 52.8 Å². The molecule has 8 heteroatoms. The van der Waals surface area contributed by atoms with Crippen molar-refractivity contribution >= 4 is 0 Å². The highest BCUT2D eigenvalue weighted by molar-refractivity contribution is 5.65. The first kappa shape index (κ1) is 20.7. The van der Waals surface area contributed by atoms with E-state index in [1.54, 1.807) is 29.2 Å². The number of halogens is 3. The highest BCUT2D eigenvalue weighted by Crippen LogP contribution is 2.27. The van der Waals surface area contributed by atoms with Gasteiger partial charge in [-0.15, -0.1) is 0 Å². The molecule has 2 aliphatic heterocycles. The predicted octanol–water partition coefficient (Wildman–Crippen LogP) is 5.49. The highest BCUT2D eigenvalue weighted by Gasteiger charge is 2.18. The third kappa shape index (κ3) is 4.55. The Morgan fingerprint density at radius 2 is 1.52 bits per heavy atom. The largest absolute Gasteiger partial charge is 0.489 e. The summed E-state index contributed by atoms with van der Waals surface area (Å²) in [5.41, 5.74) is 2.89. The zero-order valence-corrected chi connectivity index (χ0v) is 17.3. The third-order valence-electron chi connectivity index (χ3n) is 5.09. The van der Waals surface area contributed by atoms with Crippen molar-refractivity contribution in [3.63, 3.8) is 0 Å². The van der Waals surface area contributed by atoms with Gasteiger partial charge in [-0.1, -0.05) is 30.3 Å². The first-order chi connectivity index (χ1) is 16.0. The number of nitrogens with zero attached hydrogens (tertiary/aromatic N) is 4. The molecule has 0 unspecified atom stereocenters. The maximum absolute atomic E-state index is 14.1. The molecule has 0 saturated carbocycles. The first-order valence-electron chi connectivity index (χ1n) is 10.2. The summed E-state index contributed by atoms with van der Waals surface area (Å²) in [4.78, 5) is 8.60. The molecule has 2 aliphatic rings. The first-order valence-corrected chi connectivity index (χ1v) is 10.2. The van der Waals surface area contributed by atoms with Gasteiger partial charge >= 0.3 is 0 Å². The van der Waals surface area contributed by atoms with Crippen LogP contribution >= 0.6 is 0 Å². The summed E-state index contributed by atoms with van der Waals surface area (Å²) >= 11 is 0. The van der Waals surface area contributed by atoms with Gasteiger partial charge in [0.1, 0.15) is 29.6 Å². The number of hydrogen-bond donors (Lipinski definition) is 0. The number of hydrogen-bond acceptors (Lipinski definition) is 4. The Morgan fingerprint density at radius 1 is 0.788 bits per heavy atom. The van der Waals surface area contributed by atoms with Crippen molar-refractivity contribution in [3.05, 3.63) is 108 Å². The van der Waals surface area contributed by atoms with Crippen LogP contribution in [0.2, 0.25) is 0 Å². The Balaban J connectivity index is 1.28. The minimum atomic E-state index is -0.977. The summed E-state index contributed by atoms with van der Waals surface area (Å²) in [5.74, 6) is -1.39. The maximum Gasteiger partial charge on any atom is 0.169 e. The van der Waals surface area contributed by atoms with E-state index in [4.69, 9.17) is 4.74 Å². The highest BCUT2D eigenvalue weighted by atomic mass is 19.2. The lowest BCUT2D eigenvalue weighted by atomic mass is 10.2. The molecule has 0 aromatic heterocycles. The van der Waals surface area contributed by atoms with E-state index in [1.807, 2.05) is 24.3 Å². The predicted molar refractivity (Wildman–Crippen MR) is 116 cm³/mol. The van der Waals surface area contributed by atoms with Gasteiger partial charge in [-0.2, -0.15) is 5.10 Å². The van der Waals surface area contributed by atoms with Gasteiger partial charge in [0.2, 0.25) is 0 Å². The van der Waals surface area contributed by atoms with Crippen LogP contribution in [0.15, 0.2) is 79.1 Å². The van der Waals surface area contributed by atoms with Crippen molar-refractivity contribution in [2.75, 3.05) is 0 Å². The second-order valence-electron chi connectivity index (χ2n) is 7.45. The molecule has 0 N–H and O–H groups in total. The van der Waals surface area contributed by atoms with Gasteiger partial charge in [0.05, 0.1) is 24.5 Å². The van der Waals surface area contributed by atoms with E-state index in [1.165, 1.54) is 24.3 Å². The fourth-order valence-electron chi connectivity index (χ4n) is 3.37. The van der Waals surface area contributed by atoms with E-state index < -0.39 is 11.6 Å². The molecule has 5 rings (SSSR count). The average Bonchev–Trinajstić information content (AvgIpc) is 3.24. The molecule has 3 aromatic rings. The molecule has 33 heavy (non-hydrogen) atoms. The Morgan fingerprint density at radius 3 is 2.30 bits per heavy atom. The van der Waals surface area contributed by atoms with Crippen molar-refractivity contribution in [1.29, 1.82) is 0 Å². The summed E-state index contributed by atoms with van der Waals surface area (Å²) in [5, 5.41) is 4.34. The summed E-state index contributed by atoms with van der Waals surface area (Å²) in [6.07, 6.45) is 3.26. The molecular formula is C25H17F3N4O. The number of imidazole rings is 1. The Kier molecular flexibility index (Phi) is 5.48. The number of rotatable bonds is 6. The van der Waals surface area contributed by atoms with Crippen LogP contribution in [0.25, 0.3) is 22.8 Å². The average molecular weight is 446 g/mol. The van der Waals surface area contributed by atoms with Gasteiger partial charge in [0.15, 0.2) is 17.5 Å². The Labute approximate surface area is 187 Å². The second kappa shape index (κ2) is 8.74. The Bertz CT molecular complexity index is 1370. The fourth-order valence-corrected chi connectivity index (χ4v) is 3.37. The van der Waals surface area contributed by atoms with E-state index in [-0.39, 0.29) is 17.2 Å². The van der Waals surface area contributed by atoms with Gasteiger partial charge in [-0.3, -0.25) is 4.68 Å². The van der Waals surface area contributed by atoms with Crippen LogP contribution in [0, 0.1) is 17.5 Å². The van der Waals surface area contributed by atoms with Crippen molar-refractivity contribution in [2.24, 2.45) is 0 Å². The van der Waals surface area contributed by atoms with Crippen molar-refractivity contribution in [1.82, 2.24) is 19.7 Å². The van der Waals surface area contributed by atoms with Crippen LogP contribution in [0.5, 0.6) is 5.75 Å². The molecular weight excluding hydrogens is 429 g/mol. The van der Waals surface area contributed by atoms with Gasteiger partial charge in [-0.05, 0) is 47.5 Å². The summed E-state index contributed by atoms with van der Waals surface area (Å²) in [6, 6.07) is 17.6. The summed E-state index contributed by atoms with van der Waals surface area (Å²) in [7, 11) is 0. The van der Waals surface area contributed by atoms with Gasteiger partial charge in [0.25, 0.3) is 0 Å². The van der Waals surface area contributed by atoms with Crippen LogP contribution in [0.4, 0.5) is 13.2 Å². The summed E-state index contributed by atoms with van der Waals surface area (Å²) < 4.78 is 48.0. The molecule has 0 amide bonds. The van der Waals surface area contributed by atoms with E-state index in [9.17, 15) is 13.2 Å². The van der Waals surface area contributed by atoms with Crippen LogP contribution < -0.4 is 4.74 Å². The fraction of sp³-hybridized carbons (Fsp3) is 0.0800. The molecule has 0 fully saturated rings. The van der Waals surface area contributed by atoms with Crippen LogP contribution in [0.1, 0.15) is 11.1 Å². The summed E-state index contributed by atoms with van der Waals surface area (Å²) in [6.45, 7) is 0.821. The van der Waals surface area contributed by atoms with E-state index >= 15 is 0 Å². The van der Waals surface area contributed by atoms with Gasteiger partial charge in [0, 0.05) is 0 Å². The molecule has 3 aromatic carbocycles. The van der Waals surface area contributed by atoms with E-state index in [0.717, 1.165) is 17.2 Å². The lowest BCUT2D eigenvalue weighted by Crippen LogP contribution is -2.05. The lowest BCUT2D eigenvalue weighted by molar-refractivity contribution is 0.306. The quantitative estimate of drug-likeness (QED) is 0.346. The molecule has 0 radical (unpaired) electrons. The number of benzene rings is 3. The zero-order valence-electron chi connectivity index (χ0n) is 17.3. The zero-order chi connectivity index (χ0) is 22.8. The minimum absolute atomic E-state index is 0.00831. The maximum atomic E-state index is 14.1. The SMILES string of the molecule is Fc1ccc(COc2ccc(Cn3cc4nc(-c5cccc(F)c5F)nc-4cn3)cc2)cc1. The van der Waals surface area contributed by atoms with Crippen molar-refractivity contribution < 1.29 is 17.9 Å². The molecule has 5 nitrogen and oxygen atoms in total. The molecule has 0 bridgehead atoms. The monoisotopic (exact) mass is 446 g/mol.